The van der Waals surface area contributed by atoms with E-state index >= 15 is 0 Å². The van der Waals surface area contributed by atoms with E-state index in [9.17, 15) is 65.9 Å². The summed E-state index contributed by atoms with van der Waals surface area (Å²) in [6.45, 7) is 17.8. The van der Waals surface area contributed by atoms with Crippen LogP contribution in [0.4, 0.5) is 35.1 Å². The van der Waals surface area contributed by atoms with E-state index in [-0.39, 0.29) is 133 Å². The molecule has 0 N–H and O–H groups in total. The van der Waals surface area contributed by atoms with Crippen molar-refractivity contribution >= 4 is 26.0 Å². The number of nitrogens with zero attached hydrogens (tertiary/aromatic N) is 4. The van der Waals surface area contributed by atoms with Crippen molar-refractivity contribution in [3.63, 3.8) is 0 Å². The maximum Gasteiger partial charge on any atom is 1.00 e. The van der Waals surface area contributed by atoms with E-state index in [2.05, 4.69) is 47.5 Å². The van der Waals surface area contributed by atoms with Gasteiger partial charge in [0.1, 0.15) is 5.78 Å². The Balaban J connectivity index is -0.000000158. The molecule has 2 rings (SSSR count). The van der Waals surface area contributed by atoms with Crippen LogP contribution in [0.3, 0.4) is 0 Å². The fraction of sp³-hybridized carbons (Fsp3) is 0.979. The molecule has 0 aromatic heterocycles. The average molecular weight is 1190 g/mol. The van der Waals surface area contributed by atoms with Crippen molar-refractivity contribution < 1.29 is 193 Å². The molecule has 0 unspecified atom stereocenters. The molecule has 2 aliphatic heterocycles. The topological polar surface area (TPSA) is 144 Å². The predicted octanol–water partition coefficient (Wildman–Crippen LogP) is 0.735. The molecule has 25 heteroatoms. The van der Waals surface area contributed by atoms with E-state index < -0.39 is 43.6 Å². The number of hydrogen-bond acceptors (Lipinski definition) is 11. The molecule has 0 radical (unpaired) electrons. The third-order valence-electron chi connectivity index (χ3n) is 11.3. The first-order chi connectivity index (χ1) is 31.8. The van der Waals surface area contributed by atoms with Gasteiger partial charge in [0, 0.05) is 26.2 Å². The molecule has 0 aromatic rings. The molecule has 72 heavy (non-hydrogen) atoms. The Kier molecular flexibility index (Phi) is 68.2. The van der Waals surface area contributed by atoms with Gasteiger partial charge in [0.05, 0.1) is 13.3 Å². The second-order valence-corrected chi connectivity index (χ2v) is 21.3. The number of rotatable bonds is 34. The van der Waals surface area contributed by atoms with Crippen LogP contribution < -0.4 is 128 Å². The third kappa shape index (κ3) is 54.6. The Hall–Kier alpha value is 2.62. The average Bonchev–Trinajstić information content (AvgIpc) is 3.87. The van der Waals surface area contributed by atoms with Gasteiger partial charge in [0.15, 0.2) is 20.2 Å². The molecular weight excluding hydrogens is 1100 g/mol. The Morgan fingerprint density at radius 3 is 0.750 bits per heavy atom. The Labute approximate surface area is 529 Å². The molecule has 11 nitrogen and oxygen atoms in total. The van der Waals surface area contributed by atoms with Gasteiger partial charge in [-0.05, 0) is 53.9 Å². The van der Waals surface area contributed by atoms with Gasteiger partial charge in [0.2, 0.25) is 0 Å². The SMILES string of the molecule is CC(C)=O.CCCCCCCCCCCCCCCCN1CCN(C)C1.CCCCCCCCCCCCCCCCN1CCN(C)C1.O=S(=O)([O-])C(F)(F)C(F)F.O=S(=O)([O-])C(F)(F)C(F)F.[Cl-].[Cl-].[K+].[K+]. The standard InChI is InChI=1S/2C20H42N2.C3H6O.2C2H2F4O3S.2ClH.2K/c2*1-3-4-5-6-7-8-9-10-11-12-13-14-15-16-17-22-19-18-21(2)20-22;1-3(2)4;2*3-1(4)2(5,6)10(7,8)9;;;;/h2*3-20H2,1-2H3;1-2H3;2*1H,(H,7,8,9);2*1H;;/q;;;;;;;2*+1/p-4. The van der Waals surface area contributed by atoms with Crippen LogP contribution >= 0.6 is 0 Å². The first kappa shape index (κ1) is 88.5. The molecule has 0 amide bonds. The normalized spacial score (nSPS) is 14.5. The van der Waals surface area contributed by atoms with Crippen LogP contribution in [-0.4, -0.2) is 141 Å². The maximum absolute atomic E-state index is 11.4. The van der Waals surface area contributed by atoms with Crippen LogP contribution in [0.5, 0.6) is 0 Å². The number of unbranched alkanes of at least 4 members (excludes halogenated alkanes) is 26. The molecule has 0 spiro atoms. The van der Waals surface area contributed by atoms with Gasteiger partial charge in [-0.1, -0.05) is 181 Å². The van der Waals surface area contributed by atoms with E-state index in [0.29, 0.717) is 0 Å². The number of hydrogen-bond donors (Lipinski definition) is 0. The zero-order chi connectivity index (χ0) is 52.5. The zero-order valence-electron chi connectivity index (χ0n) is 45.4. The van der Waals surface area contributed by atoms with Crippen LogP contribution in [0.15, 0.2) is 0 Å². The van der Waals surface area contributed by atoms with Gasteiger partial charge >= 0.3 is 126 Å². The van der Waals surface area contributed by atoms with Crippen LogP contribution in [0.25, 0.3) is 0 Å². The summed E-state index contributed by atoms with van der Waals surface area (Å²) in [7, 11) is -8.02. The van der Waals surface area contributed by atoms with Gasteiger partial charge in [0.25, 0.3) is 0 Å². The smallest absolute Gasteiger partial charge is 1.00 e. The molecule has 0 saturated carbocycles. The minimum atomic E-state index is -6.23. The minimum Gasteiger partial charge on any atom is -1.00 e. The monoisotopic (exact) mass is 1190 g/mol. The quantitative estimate of drug-likeness (QED) is 0.0390. The molecule has 2 aliphatic rings. The number of likely N-dealkylation sites (N-methyl/N-ethyl adjacent to an activating group) is 2. The molecule has 0 bridgehead atoms. The summed E-state index contributed by atoms with van der Waals surface area (Å²) in [5.74, 6) is 0.167. The van der Waals surface area contributed by atoms with Crippen molar-refractivity contribution in [3.8, 4) is 0 Å². The van der Waals surface area contributed by atoms with Crippen molar-refractivity contribution in [1.29, 1.82) is 0 Å². The molecule has 2 heterocycles. The number of Topliss-reactive ketones (excluding diaryl/α,β-unsaturated/α-hetero) is 1. The summed E-state index contributed by atoms with van der Waals surface area (Å²) >= 11 is 0. The van der Waals surface area contributed by atoms with Crippen molar-refractivity contribution in [2.75, 3.05) is 66.7 Å². The van der Waals surface area contributed by atoms with Gasteiger partial charge in [-0.3, -0.25) is 19.6 Å². The van der Waals surface area contributed by atoms with E-state index in [1.165, 1.54) is 246 Å². The summed E-state index contributed by atoms with van der Waals surface area (Å²) in [6, 6.07) is 0. The van der Waals surface area contributed by atoms with Gasteiger partial charge < -0.3 is 38.7 Å². The van der Waals surface area contributed by atoms with Crippen LogP contribution in [0, 0.1) is 0 Å². The Bertz CT molecular complexity index is 1320. The van der Waals surface area contributed by atoms with Gasteiger partial charge in [-0.25, -0.2) is 34.4 Å². The first-order valence-corrected chi connectivity index (χ1v) is 28.1. The predicted molar refractivity (Wildman–Crippen MR) is 256 cm³/mol. The number of carbonyl (C=O) groups is 1. The zero-order valence-corrected chi connectivity index (χ0v) is 54.7. The summed E-state index contributed by atoms with van der Waals surface area (Å²) in [4.78, 5) is 19.5. The molecule has 0 aromatic carbocycles. The molecule has 0 atom stereocenters. The van der Waals surface area contributed by atoms with Gasteiger partial charge in [-0.15, -0.1) is 0 Å². The molecule has 0 aliphatic carbocycles. The fourth-order valence-corrected chi connectivity index (χ4v) is 7.67. The van der Waals surface area contributed by atoms with Crippen molar-refractivity contribution in [1.82, 2.24) is 19.6 Å². The largest absolute Gasteiger partial charge is 1.00 e. The Morgan fingerprint density at radius 2 is 0.625 bits per heavy atom. The van der Waals surface area contributed by atoms with E-state index in [4.69, 9.17) is 0 Å². The number of carbonyl (C=O) groups excluding carboxylic acids is 1. The minimum absolute atomic E-state index is 0. The third-order valence-corrected chi connectivity index (χ3v) is 13.0. The number of alkyl halides is 8. The van der Waals surface area contributed by atoms with Crippen molar-refractivity contribution in [2.24, 2.45) is 0 Å². The summed E-state index contributed by atoms with van der Waals surface area (Å²) in [5.41, 5.74) is 0. The summed E-state index contributed by atoms with van der Waals surface area (Å²) in [6.07, 6.45) is 31.8. The summed E-state index contributed by atoms with van der Waals surface area (Å²) in [5, 5.41) is -11.0. The van der Waals surface area contributed by atoms with Crippen molar-refractivity contribution in [3.05, 3.63) is 0 Å². The molecule has 428 valence electrons. The van der Waals surface area contributed by atoms with Gasteiger partial charge in [-0.2, -0.15) is 17.6 Å². The maximum atomic E-state index is 11.4. The summed E-state index contributed by atoms with van der Waals surface area (Å²) < 4.78 is 145. The van der Waals surface area contributed by atoms with Crippen LogP contribution in [0.2, 0.25) is 0 Å². The van der Waals surface area contributed by atoms with Crippen LogP contribution in [0.1, 0.15) is 207 Å². The second kappa shape index (κ2) is 55.5. The van der Waals surface area contributed by atoms with E-state index in [1.807, 2.05) is 0 Å². The number of ketones is 1. The number of halogens is 10. The second-order valence-electron chi connectivity index (χ2n) is 18.4. The molecule has 2 saturated heterocycles. The first-order valence-electron chi connectivity index (χ1n) is 25.3. The fourth-order valence-electron chi connectivity index (χ4n) is 7.23. The van der Waals surface area contributed by atoms with E-state index in [1.54, 1.807) is 0 Å². The molecular formula is C47H92Cl2F8K2N4O7S2-2. The Morgan fingerprint density at radius 1 is 0.444 bits per heavy atom. The van der Waals surface area contributed by atoms with Crippen molar-refractivity contribution in [2.45, 2.75) is 231 Å². The molecule has 2 fully saturated rings. The van der Waals surface area contributed by atoms with Crippen LogP contribution in [-0.2, 0) is 25.0 Å². The van der Waals surface area contributed by atoms with E-state index in [0.717, 1.165) is 0 Å².